The summed E-state index contributed by atoms with van der Waals surface area (Å²) in [6, 6.07) is 10.6. The van der Waals surface area contributed by atoms with Crippen molar-refractivity contribution < 1.29 is 8.78 Å². The normalized spacial score (nSPS) is 10.8. The van der Waals surface area contributed by atoms with Crippen molar-refractivity contribution in [2.24, 2.45) is 0 Å². The fourth-order valence-electron chi connectivity index (χ4n) is 1.83. The van der Waals surface area contributed by atoms with Crippen LogP contribution in [0.1, 0.15) is 5.56 Å². The molecular formula is C14H9BrF2N4. The Labute approximate surface area is 127 Å². The second-order valence-corrected chi connectivity index (χ2v) is 5.30. The molecule has 2 aromatic carbocycles. The minimum Gasteiger partial charge on any atom is -0.207 e. The molecule has 4 nitrogen and oxygen atoms in total. The van der Waals surface area contributed by atoms with Gasteiger partial charge in [0.1, 0.15) is 11.6 Å². The first kappa shape index (κ1) is 13.8. The third-order valence-corrected chi connectivity index (χ3v) is 3.38. The molecule has 0 fully saturated rings. The zero-order valence-electron chi connectivity index (χ0n) is 10.7. The lowest BCUT2D eigenvalue weighted by Gasteiger charge is -2.02. The summed E-state index contributed by atoms with van der Waals surface area (Å²) in [6.07, 6.45) is 0. The number of hydrogen-bond donors (Lipinski definition) is 0. The number of hydrogen-bond acceptors (Lipinski definition) is 3. The van der Waals surface area contributed by atoms with Crippen molar-refractivity contribution in [3.63, 3.8) is 0 Å². The molecule has 0 radical (unpaired) electrons. The van der Waals surface area contributed by atoms with E-state index >= 15 is 0 Å². The molecule has 3 rings (SSSR count). The van der Waals surface area contributed by atoms with Crippen LogP contribution >= 0.6 is 15.9 Å². The number of aromatic nitrogens is 4. The molecule has 0 aliphatic rings. The third kappa shape index (κ3) is 3.13. The van der Waals surface area contributed by atoms with E-state index in [1.807, 2.05) is 0 Å². The standard InChI is InChI=1S/C14H9BrF2N4/c15-11-4-1-10(13(17)7-11)8-21-19-14(18-20-21)9-2-5-12(16)6-3-9/h1-7H,8H2. The first-order chi connectivity index (χ1) is 10.1. The topological polar surface area (TPSA) is 43.6 Å². The monoisotopic (exact) mass is 350 g/mol. The lowest BCUT2D eigenvalue weighted by atomic mass is 10.2. The molecule has 0 amide bonds. The number of nitrogens with zero attached hydrogens (tertiary/aromatic N) is 4. The average molecular weight is 351 g/mol. The Hall–Kier alpha value is -2.15. The van der Waals surface area contributed by atoms with Gasteiger partial charge in [-0.05, 0) is 41.6 Å². The summed E-state index contributed by atoms with van der Waals surface area (Å²) in [5.74, 6) is -0.305. The van der Waals surface area contributed by atoms with E-state index in [0.29, 0.717) is 21.4 Å². The van der Waals surface area contributed by atoms with Gasteiger partial charge in [-0.15, -0.1) is 10.2 Å². The quantitative estimate of drug-likeness (QED) is 0.726. The largest absolute Gasteiger partial charge is 0.207 e. The Morgan fingerprint density at radius 3 is 2.52 bits per heavy atom. The van der Waals surface area contributed by atoms with Crippen molar-refractivity contribution in [2.75, 3.05) is 0 Å². The van der Waals surface area contributed by atoms with E-state index in [9.17, 15) is 8.78 Å². The molecule has 0 saturated carbocycles. The SMILES string of the molecule is Fc1ccc(-c2nnn(Cc3ccc(Br)cc3F)n2)cc1. The predicted octanol–water partition coefficient (Wildman–Crippen LogP) is 3.43. The maximum Gasteiger partial charge on any atom is 0.204 e. The van der Waals surface area contributed by atoms with Gasteiger partial charge in [0.25, 0.3) is 0 Å². The Kier molecular flexibility index (Phi) is 3.74. The van der Waals surface area contributed by atoms with Crippen LogP contribution in [0.4, 0.5) is 8.78 Å². The van der Waals surface area contributed by atoms with Gasteiger partial charge in [-0.2, -0.15) is 4.80 Å². The van der Waals surface area contributed by atoms with Crippen molar-refractivity contribution >= 4 is 15.9 Å². The van der Waals surface area contributed by atoms with E-state index in [1.54, 1.807) is 24.3 Å². The summed E-state index contributed by atoms with van der Waals surface area (Å²) in [5, 5.41) is 11.9. The summed E-state index contributed by atoms with van der Waals surface area (Å²) in [7, 11) is 0. The van der Waals surface area contributed by atoms with Gasteiger partial charge in [0.05, 0.1) is 6.54 Å². The first-order valence-corrected chi connectivity index (χ1v) is 6.89. The summed E-state index contributed by atoms with van der Waals surface area (Å²) in [5.41, 5.74) is 1.11. The summed E-state index contributed by atoms with van der Waals surface area (Å²) >= 11 is 3.20. The smallest absolute Gasteiger partial charge is 0.204 e. The van der Waals surface area contributed by atoms with Crippen molar-refractivity contribution in [3.05, 3.63) is 64.1 Å². The van der Waals surface area contributed by atoms with Crippen LogP contribution in [0.15, 0.2) is 46.9 Å². The van der Waals surface area contributed by atoms with Gasteiger partial charge in [-0.25, -0.2) is 8.78 Å². The average Bonchev–Trinajstić information content (AvgIpc) is 2.91. The maximum absolute atomic E-state index is 13.7. The van der Waals surface area contributed by atoms with Crippen molar-refractivity contribution in [2.45, 2.75) is 6.54 Å². The Morgan fingerprint density at radius 2 is 1.81 bits per heavy atom. The minimum atomic E-state index is -0.343. The highest BCUT2D eigenvalue weighted by Gasteiger charge is 2.09. The molecule has 0 spiro atoms. The molecule has 0 aliphatic heterocycles. The van der Waals surface area contributed by atoms with Crippen LogP contribution in [0.2, 0.25) is 0 Å². The molecule has 0 N–H and O–H groups in total. The second kappa shape index (κ2) is 5.69. The second-order valence-electron chi connectivity index (χ2n) is 4.39. The molecule has 0 aliphatic carbocycles. The van der Waals surface area contributed by atoms with E-state index in [2.05, 4.69) is 31.3 Å². The van der Waals surface area contributed by atoms with Crippen molar-refractivity contribution in [1.82, 2.24) is 20.2 Å². The van der Waals surface area contributed by atoms with Crippen LogP contribution in [0.3, 0.4) is 0 Å². The Balaban J connectivity index is 1.83. The van der Waals surface area contributed by atoms with Crippen molar-refractivity contribution in [1.29, 1.82) is 0 Å². The van der Waals surface area contributed by atoms with E-state index in [1.165, 1.54) is 23.0 Å². The van der Waals surface area contributed by atoms with Gasteiger partial charge >= 0.3 is 0 Å². The fraction of sp³-hybridized carbons (Fsp3) is 0.0714. The molecule has 0 atom stereocenters. The lowest BCUT2D eigenvalue weighted by molar-refractivity contribution is 0.538. The Bertz CT molecular complexity index is 771. The molecule has 0 unspecified atom stereocenters. The molecule has 21 heavy (non-hydrogen) atoms. The maximum atomic E-state index is 13.7. The number of halogens is 3. The van der Waals surface area contributed by atoms with E-state index < -0.39 is 0 Å². The molecule has 106 valence electrons. The van der Waals surface area contributed by atoms with E-state index in [-0.39, 0.29) is 18.2 Å². The van der Waals surface area contributed by atoms with Gasteiger partial charge in [0.2, 0.25) is 5.82 Å². The molecule has 0 bridgehead atoms. The van der Waals surface area contributed by atoms with Gasteiger partial charge < -0.3 is 0 Å². The Morgan fingerprint density at radius 1 is 1.05 bits per heavy atom. The minimum absolute atomic E-state index is 0.174. The fourth-order valence-corrected chi connectivity index (χ4v) is 2.16. The van der Waals surface area contributed by atoms with Crippen LogP contribution in [0.5, 0.6) is 0 Å². The highest BCUT2D eigenvalue weighted by atomic mass is 79.9. The number of tetrazole rings is 1. The highest BCUT2D eigenvalue weighted by molar-refractivity contribution is 9.10. The van der Waals surface area contributed by atoms with Gasteiger partial charge in [0.15, 0.2) is 0 Å². The first-order valence-electron chi connectivity index (χ1n) is 6.09. The van der Waals surface area contributed by atoms with Crippen LogP contribution in [-0.2, 0) is 6.54 Å². The zero-order valence-corrected chi connectivity index (χ0v) is 12.3. The molecule has 7 heteroatoms. The number of benzene rings is 2. The van der Waals surface area contributed by atoms with E-state index in [4.69, 9.17) is 0 Å². The third-order valence-electron chi connectivity index (χ3n) is 2.88. The van der Waals surface area contributed by atoms with Crippen LogP contribution in [0, 0.1) is 11.6 Å². The number of rotatable bonds is 3. The van der Waals surface area contributed by atoms with Gasteiger partial charge in [0, 0.05) is 15.6 Å². The summed E-state index contributed by atoms with van der Waals surface area (Å²) in [6.45, 7) is 0.174. The molecular weight excluding hydrogens is 342 g/mol. The summed E-state index contributed by atoms with van der Waals surface area (Å²) in [4.78, 5) is 1.30. The van der Waals surface area contributed by atoms with Crippen LogP contribution in [0.25, 0.3) is 11.4 Å². The predicted molar refractivity (Wildman–Crippen MR) is 76.4 cm³/mol. The van der Waals surface area contributed by atoms with Crippen LogP contribution < -0.4 is 0 Å². The lowest BCUT2D eigenvalue weighted by Crippen LogP contribution is -2.05. The molecule has 1 aromatic heterocycles. The zero-order chi connectivity index (χ0) is 14.8. The highest BCUT2D eigenvalue weighted by Crippen LogP contribution is 2.17. The van der Waals surface area contributed by atoms with Gasteiger partial charge in [-0.3, -0.25) is 0 Å². The molecule has 1 heterocycles. The van der Waals surface area contributed by atoms with Crippen molar-refractivity contribution in [3.8, 4) is 11.4 Å². The molecule has 3 aromatic rings. The summed E-state index contributed by atoms with van der Waals surface area (Å²) < 4.78 is 27.3. The molecule has 0 saturated heterocycles. The van der Waals surface area contributed by atoms with Gasteiger partial charge in [-0.1, -0.05) is 22.0 Å². The van der Waals surface area contributed by atoms with E-state index in [0.717, 1.165) is 0 Å². The van der Waals surface area contributed by atoms with Crippen LogP contribution in [-0.4, -0.2) is 20.2 Å².